The molecule has 1 atom stereocenters. The second-order valence-corrected chi connectivity index (χ2v) is 6.02. The Morgan fingerprint density at radius 1 is 0.944 bits per heavy atom. The molecule has 0 aromatic carbocycles. The largest absolute Gasteiger partial charge is 0.303 e. The average Bonchev–Trinajstić information content (AvgIpc) is 2.33. The molecule has 1 fully saturated rings. The summed E-state index contributed by atoms with van der Waals surface area (Å²) in [6.45, 7) is 8.77. The highest BCUT2D eigenvalue weighted by Crippen LogP contribution is 2.16. The highest BCUT2D eigenvalue weighted by molar-refractivity contribution is 8.93. The molecule has 0 N–H and O–H groups in total. The van der Waals surface area contributed by atoms with Crippen LogP contribution in [0.2, 0.25) is 0 Å². The van der Waals surface area contributed by atoms with Gasteiger partial charge in [-0.05, 0) is 38.3 Å². The molecule has 1 nitrogen and oxygen atoms in total. The zero-order valence-electron chi connectivity index (χ0n) is 12.6. The first-order chi connectivity index (χ1) is 8.33. The molecule has 0 amide bonds. The van der Waals surface area contributed by atoms with Gasteiger partial charge in [0.1, 0.15) is 0 Å². The Morgan fingerprint density at radius 2 is 1.56 bits per heavy atom. The van der Waals surface area contributed by atoms with Gasteiger partial charge >= 0.3 is 0 Å². The van der Waals surface area contributed by atoms with Crippen molar-refractivity contribution in [1.82, 2.24) is 4.90 Å². The topological polar surface area (TPSA) is 3.24 Å². The summed E-state index contributed by atoms with van der Waals surface area (Å²) in [7, 11) is 0. The standard InChI is InChI=1S/C16H33N.BrH/c1-3-4-5-6-7-8-9-10-13-17-14-11-12-16(2)15-17;/h16H,3-15H2,1-2H3;1H. The van der Waals surface area contributed by atoms with Gasteiger partial charge in [0.25, 0.3) is 0 Å². The molecule has 110 valence electrons. The maximum absolute atomic E-state index is 2.69. The molecule has 18 heavy (non-hydrogen) atoms. The van der Waals surface area contributed by atoms with Crippen molar-refractivity contribution in [3.63, 3.8) is 0 Å². The summed E-state index contributed by atoms with van der Waals surface area (Å²) >= 11 is 0. The van der Waals surface area contributed by atoms with Crippen molar-refractivity contribution in [1.29, 1.82) is 0 Å². The maximum Gasteiger partial charge on any atom is 0.000703 e. The highest BCUT2D eigenvalue weighted by atomic mass is 79.9. The van der Waals surface area contributed by atoms with Crippen molar-refractivity contribution >= 4 is 17.0 Å². The summed E-state index contributed by atoms with van der Waals surface area (Å²) in [5, 5.41) is 0. The van der Waals surface area contributed by atoms with Crippen LogP contribution in [0.3, 0.4) is 0 Å². The fourth-order valence-corrected chi connectivity index (χ4v) is 2.96. The number of halogens is 1. The number of unbranched alkanes of at least 4 members (excludes halogenated alkanes) is 7. The lowest BCUT2D eigenvalue weighted by molar-refractivity contribution is 0.180. The van der Waals surface area contributed by atoms with Crippen LogP contribution < -0.4 is 0 Å². The summed E-state index contributed by atoms with van der Waals surface area (Å²) in [5.74, 6) is 0.942. The summed E-state index contributed by atoms with van der Waals surface area (Å²) in [6, 6.07) is 0. The van der Waals surface area contributed by atoms with E-state index >= 15 is 0 Å². The normalized spacial score (nSPS) is 20.7. The maximum atomic E-state index is 2.69. The first-order valence-corrected chi connectivity index (χ1v) is 8.05. The molecule has 1 aliphatic heterocycles. The van der Waals surface area contributed by atoms with Gasteiger partial charge in [-0.25, -0.2) is 0 Å². The minimum atomic E-state index is 0. The fraction of sp³-hybridized carbons (Fsp3) is 1.00. The van der Waals surface area contributed by atoms with E-state index in [-0.39, 0.29) is 17.0 Å². The van der Waals surface area contributed by atoms with Gasteiger partial charge in [0.05, 0.1) is 0 Å². The van der Waals surface area contributed by atoms with Gasteiger partial charge in [-0.3, -0.25) is 0 Å². The second kappa shape index (κ2) is 12.5. The van der Waals surface area contributed by atoms with E-state index in [0.717, 1.165) is 5.92 Å². The Bertz CT molecular complexity index is 172. The molecule has 1 saturated heterocycles. The van der Waals surface area contributed by atoms with Crippen LogP contribution in [0.25, 0.3) is 0 Å². The third-order valence-corrected chi connectivity index (χ3v) is 4.07. The predicted molar refractivity (Wildman–Crippen MR) is 87.8 cm³/mol. The predicted octanol–water partition coefficient (Wildman–Crippen LogP) is 5.44. The first kappa shape index (κ1) is 18.4. The van der Waals surface area contributed by atoms with Crippen LogP contribution in [0.5, 0.6) is 0 Å². The van der Waals surface area contributed by atoms with Crippen molar-refractivity contribution in [2.75, 3.05) is 19.6 Å². The van der Waals surface area contributed by atoms with Gasteiger partial charge in [-0.2, -0.15) is 0 Å². The summed E-state index contributed by atoms with van der Waals surface area (Å²) in [6.07, 6.45) is 14.4. The molecular formula is C16H34BrN. The fourth-order valence-electron chi connectivity index (χ4n) is 2.96. The molecule has 1 rings (SSSR count). The van der Waals surface area contributed by atoms with E-state index in [2.05, 4.69) is 18.7 Å². The summed E-state index contributed by atoms with van der Waals surface area (Å²) in [4.78, 5) is 2.69. The average molecular weight is 320 g/mol. The Morgan fingerprint density at radius 3 is 2.17 bits per heavy atom. The lowest BCUT2D eigenvalue weighted by Gasteiger charge is -2.30. The van der Waals surface area contributed by atoms with E-state index in [1.54, 1.807) is 0 Å². The van der Waals surface area contributed by atoms with Crippen LogP contribution in [-0.2, 0) is 0 Å². The van der Waals surface area contributed by atoms with E-state index in [1.165, 1.54) is 83.8 Å². The zero-order valence-corrected chi connectivity index (χ0v) is 14.3. The van der Waals surface area contributed by atoms with Crippen molar-refractivity contribution in [2.45, 2.75) is 78.1 Å². The molecule has 1 unspecified atom stereocenters. The Balaban J connectivity index is 0.00000289. The molecule has 0 aliphatic carbocycles. The van der Waals surface area contributed by atoms with E-state index in [0.29, 0.717) is 0 Å². The molecule has 1 heterocycles. The van der Waals surface area contributed by atoms with Crippen LogP contribution >= 0.6 is 17.0 Å². The van der Waals surface area contributed by atoms with Gasteiger partial charge in [0.15, 0.2) is 0 Å². The molecular weight excluding hydrogens is 286 g/mol. The zero-order chi connectivity index (χ0) is 12.3. The quantitative estimate of drug-likeness (QED) is 0.512. The summed E-state index contributed by atoms with van der Waals surface area (Å²) in [5.41, 5.74) is 0. The monoisotopic (exact) mass is 319 g/mol. The molecule has 0 spiro atoms. The number of piperidine rings is 1. The van der Waals surface area contributed by atoms with Crippen molar-refractivity contribution in [3.05, 3.63) is 0 Å². The lowest BCUT2D eigenvalue weighted by atomic mass is 10.00. The summed E-state index contributed by atoms with van der Waals surface area (Å²) < 4.78 is 0. The molecule has 1 aliphatic rings. The Kier molecular flexibility index (Phi) is 12.8. The van der Waals surface area contributed by atoms with Gasteiger partial charge in [0, 0.05) is 6.54 Å². The minimum absolute atomic E-state index is 0. The number of hydrogen-bond acceptors (Lipinski definition) is 1. The molecule has 0 bridgehead atoms. The SMILES string of the molecule is Br.CCCCCCCCCCN1CCCC(C)C1. The molecule has 0 radical (unpaired) electrons. The van der Waals surface area contributed by atoms with Crippen LogP contribution in [0.4, 0.5) is 0 Å². The first-order valence-electron chi connectivity index (χ1n) is 8.05. The van der Waals surface area contributed by atoms with Gasteiger partial charge in [0.2, 0.25) is 0 Å². The van der Waals surface area contributed by atoms with Crippen molar-refractivity contribution in [3.8, 4) is 0 Å². The molecule has 0 saturated carbocycles. The third kappa shape index (κ3) is 9.38. The van der Waals surface area contributed by atoms with Gasteiger partial charge < -0.3 is 4.90 Å². The van der Waals surface area contributed by atoms with Crippen molar-refractivity contribution < 1.29 is 0 Å². The number of rotatable bonds is 9. The number of likely N-dealkylation sites (tertiary alicyclic amines) is 1. The second-order valence-electron chi connectivity index (χ2n) is 6.02. The lowest BCUT2D eigenvalue weighted by Crippen LogP contribution is -2.34. The number of nitrogens with zero attached hydrogens (tertiary/aromatic N) is 1. The smallest absolute Gasteiger partial charge is 0.000703 e. The highest BCUT2D eigenvalue weighted by Gasteiger charge is 2.14. The van der Waals surface area contributed by atoms with Crippen LogP contribution in [0.1, 0.15) is 78.1 Å². The van der Waals surface area contributed by atoms with Crippen molar-refractivity contribution in [2.24, 2.45) is 5.92 Å². The number of hydrogen-bond donors (Lipinski definition) is 0. The van der Waals surface area contributed by atoms with Crippen LogP contribution in [0, 0.1) is 5.92 Å². The van der Waals surface area contributed by atoms with E-state index in [4.69, 9.17) is 0 Å². The van der Waals surface area contributed by atoms with E-state index < -0.39 is 0 Å². The van der Waals surface area contributed by atoms with Crippen LogP contribution in [0.15, 0.2) is 0 Å². The molecule has 0 aromatic heterocycles. The Hall–Kier alpha value is 0.440. The van der Waals surface area contributed by atoms with E-state index in [1.807, 2.05) is 0 Å². The third-order valence-electron chi connectivity index (χ3n) is 4.07. The van der Waals surface area contributed by atoms with Gasteiger partial charge in [-0.15, -0.1) is 17.0 Å². The minimum Gasteiger partial charge on any atom is -0.303 e. The molecule has 0 aromatic rings. The van der Waals surface area contributed by atoms with E-state index in [9.17, 15) is 0 Å². The van der Waals surface area contributed by atoms with Crippen LogP contribution in [-0.4, -0.2) is 24.5 Å². The molecule has 2 heteroatoms. The van der Waals surface area contributed by atoms with Gasteiger partial charge in [-0.1, -0.05) is 58.8 Å². The Labute approximate surface area is 125 Å².